The van der Waals surface area contributed by atoms with Crippen LogP contribution in [0.3, 0.4) is 0 Å². The van der Waals surface area contributed by atoms with Crippen LogP contribution in [0.25, 0.3) is 0 Å². The molecule has 1 aliphatic carbocycles. The lowest BCUT2D eigenvalue weighted by Crippen LogP contribution is -2.06. The largest absolute Gasteiger partial charge is 0.289 e. The first-order valence-electron chi connectivity index (χ1n) is 5.62. The summed E-state index contributed by atoms with van der Waals surface area (Å²) in [5, 5.41) is 0. The van der Waals surface area contributed by atoms with Crippen molar-refractivity contribution in [3.8, 4) is 0 Å². The zero-order valence-corrected chi connectivity index (χ0v) is 9.08. The van der Waals surface area contributed by atoms with Crippen molar-refractivity contribution in [2.24, 2.45) is 0 Å². The van der Waals surface area contributed by atoms with Crippen molar-refractivity contribution in [2.75, 3.05) is 0 Å². The van der Waals surface area contributed by atoms with Crippen molar-refractivity contribution in [3.63, 3.8) is 0 Å². The minimum Gasteiger partial charge on any atom is -0.289 e. The van der Waals surface area contributed by atoms with E-state index in [0.717, 1.165) is 43.9 Å². The highest BCUT2D eigenvalue weighted by Crippen LogP contribution is 2.21. The van der Waals surface area contributed by atoms with Gasteiger partial charge in [0, 0.05) is 6.20 Å². The summed E-state index contributed by atoms with van der Waals surface area (Å²) >= 11 is 0. The summed E-state index contributed by atoms with van der Waals surface area (Å²) in [6, 6.07) is 1.45. The second kappa shape index (κ2) is 5.01. The maximum Gasteiger partial charge on any atom is 0.191 e. The fourth-order valence-corrected chi connectivity index (χ4v) is 1.95. The Balaban J connectivity index is 2.24. The number of hydrogen-bond donors (Lipinski definition) is 0. The fraction of sp³-hybridized carbons (Fsp3) is 0.385. The van der Waals surface area contributed by atoms with Crippen LogP contribution < -0.4 is 0 Å². The van der Waals surface area contributed by atoms with Gasteiger partial charge in [-0.3, -0.25) is 9.78 Å². The highest BCUT2D eigenvalue weighted by molar-refractivity contribution is 6.08. The summed E-state index contributed by atoms with van der Waals surface area (Å²) in [5.74, 6) is -0.709. The molecule has 2 rings (SSSR count). The van der Waals surface area contributed by atoms with Gasteiger partial charge in [-0.1, -0.05) is 12.5 Å². The van der Waals surface area contributed by atoms with Gasteiger partial charge in [0.1, 0.15) is 0 Å². The number of aromatic nitrogens is 1. The molecule has 16 heavy (non-hydrogen) atoms. The second-order valence-corrected chi connectivity index (χ2v) is 4.01. The number of nitrogens with zero attached hydrogens (tertiary/aromatic N) is 1. The van der Waals surface area contributed by atoms with E-state index in [1.165, 1.54) is 12.3 Å². The molecule has 0 unspecified atom stereocenters. The molecule has 0 aromatic carbocycles. The van der Waals surface area contributed by atoms with E-state index in [1.54, 1.807) is 0 Å². The predicted molar refractivity (Wildman–Crippen MR) is 59.7 cm³/mol. The van der Waals surface area contributed by atoms with Gasteiger partial charge in [-0.2, -0.15) is 0 Å². The molecule has 2 nitrogen and oxygen atoms in total. The molecular formula is C13H14FNO. The molecule has 1 aromatic rings. The highest BCUT2D eigenvalue weighted by Gasteiger charge is 2.16. The maximum atomic E-state index is 13.4. The molecule has 1 heterocycles. The summed E-state index contributed by atoms with van der Waals surface area (Å²) < 4.78 is 13.4. The lowest BCUT2D eigenvalue weighted by Gasteiger charge is -2.04. The average Bonchev–Trinajstić information content (AvgIpc) is 2.57. The second-order valence-electron chi connectivity index (χ2n) is 4.01. The summed E-state index contributed by atoms with van der Waals surface area (Å²) in [5.41, 5.74) is 0.894. The number of hydrogen-bond acceptors (Lipinski definition) is 2. The van der Waals surface area contributed by atoms with Gasteiger partial charge in [0.15, 0.2) is 11.6 Å². The van der Waals surface area contributed by atoms with Gasteiger partial charge < -0.3 is 0 Å². The average molecular weight is 219 g/mol. The van der Waals surface area contributed by atoms with Crippen LogP contribution in [0.1, 0.15) is 42.5 Å². The molecule has 0 atom stereocenters. The lowest BCUT2D eigenvalue weighted by molar-refractivity contribution is 0.102. The zero-order chi connectivity index (χ0) is 11.4. The first-order valence-corrected chi connectivity index (χ1v) is 5.62. The molecule has 0 radical (unpaired) electrons. The third-order valence-electron chi connectivity index (χ3n) is 2.85. The zero-order valence-electron chi connectivity index (χ0n) is 9.08. The smallest absolute Gasteiger partial charge is 0.191 e. The predicted octanol–water partition coefficient (Wildman–Crippen LogP) is 3.29. The molecule has 0 spiro atoms. The van der Waals surface area contributed by atoms with Crippen LogP contribution in [0.15, 0.2) is 30.1 Å². The number of ketones is 1. The van der Waals surface area contributed by atoms with Crippen LogP contribution in [0.4, 0.5) is 4.39 Å². The van der Waals surface area contributed by atoms with E-state index >= 15 is 0 Å². The molecule has 0 amide bonds. The van der Waals surface area contributed by atoms with Crippen LogP contribution in [-0.4, -0.2) is 10.8 Å². The Morgan fingerprint density at radius 3 is 3.00 bits per heavy atom. The van der Waals surface area contributed by atoms with Crippen molar-refractivity contribution >= 4 is 5.78 Å². The molecule has 0 saturated heterocycles. The number of rotatable bonds is 2. The van der Waals surface area contributed by atoms with Gasteiger partial charge in [0.05, 0.1) is 11.8 Å². The third kappa shape index (κ3) is 2.35. The van der Waals surface area contributed by atoms with Gasteiger partial charge in [-0.15, -0.1) is 0 Å². The number of halogens is 1. The Bertz CT molecular complexity index is 426. The number of carbonyl (C=O) groups excluding carboxylic acids is 1. The van der Waals surface area contributed by atoms with Gasteiger partial charge in [-0.05, 0) is 37.3 Å². The van der Waals surface area contributed by atoms with E-state index in [0.29, 0.717) is 0 Å². The van der Waals surface area contributed by atoms with E-state index in [2.05, 4.69) is 4.98 Å². The van der Waals surface area contributed by atoms with Gasteiger partial charge in [0.2, 0.25) is 0 Å². The normalized spacial score (nSPS) is 16.4. The minimum atomic E-state index is -0.530. The highest BCUT2D eigenvalue weighted by atomic mass is 19.1. The van der Waals surface area contributed by atoms with Crippen molar-refractivity contribution in [3.05, 3.63) is 41.5 Å². The SMILES string of the molecule is O=C(C1=CCCCCC1)c1ccncc1F. The quantitative estimate of drug-likeness (QED) is 0.714. The van der Waals surface area contributed by atoms with Crippen LogP contribution >= 0.6 is 0 Å². The van der Waals surface area contributed by atoms with Crippen LogP contribution in [0, 0.1) is 5.82 Å². The lowest BCUT2D eigenvalue weighted by atomic mass is 10.0. The van der Waals surface area contributed by atoms with Crippen molar-refractivity contribution < 1.29 is 9.18 Å². The molecule has 1 aromatic heterocycles. The summed E-state index contributed by atoms with van der Waals surface area (Å²) in [7, 11) is 0. The van der Waals surface area contributed by atoms with Crippen LogP contribution in [0.2, 0.25) is 0 Å². The van der Waals surface area contributed by atoms with Crippen molar-refractivity contribution in [1.29, 1.82) is 0 Å². The Morgan fingerprint density at radius 1 is 1.31 bits per heavy atom. The topological polar surface area (TPSA) is 30.0 Å². The molecule has 1 aliphatic rings. The van der Waals surface area contributed by atoms with E-state index < -0.39 is 5.82 Å². The van der Waals surface area contributed by atoms with Gasteiger partial charge in [-0.25, -0.2) is 4.39 Å². The minimum absolute atomic E-state index is 0.142. The van der Waals surface area contributed by atoms with E-state index in [1.807, 2.05) is 6.08 Å². The molecule has 0 aliphatic heterocycles. The number of Topliss-reactive ketones (excluding diaryl/α,β-unsaturated/α-hetero) is 1. The van der Waals surface area contributed by atoms with Crippen molar-refractivity contribution in [1.82, 2.24) is 4.98 Å². The number of pyridine rings is 1. The Hall–Kier alpha value is -1.51. The summed E-state index contributed by atoms with van der Waals surface area (Å²) in [4.78, 5) is 15.7. The molecular weight excluding hydrogens is 205 g/mol. The Kier molecular flexibility index (Phi) is 3.44. The standard InChI is InChI=1S/C13H14FNO/c14-12-9-15-8-7-11(12)13(16)10-5-3-1-2-4-6-10/h5,7-9H,1-4,6H2. The van der Waals surface area contributed by atoms with Crippen molar-refractivity contribution in [2.45, 2.75) is 32.1 Å². The molecule has 84 valence electrons. The molecule has 0 fully saturated rings. The molecule has 0 N–H and O–H groups in total. The Labute approximate surface area is 94.2 Å². The first kappa shape index (κ1) is 11.0. The van der Waals surface area contributed by atoms with Gasteiger partial charge >= 0.3 is 0 Å². The third-order valence-corrected chi connectivity index (χ3v) is 2.85. The van der Waals surface area contributed by atoms with Gasteiger partial charge in [0.25, 0.3) is 0 Å². The Morgan fingerprint density at radius 2 is 2.19 bits per heavy atom. The van der Waals surface area contributed by atoms with E-state index in [9.17, 15) is 9.18 Å². The number of carbonyl (C=O) groups is 1. The molecule has 0 saturated carbocycles. The summed E-state index contributed by atoms with van der Waals surface area (Å²) in [6.07, 6.45) is 9.47. The molecule has 0 bridgehead atoms. The fourth-order valence-electron chi connectivity index (χ4n) is 1.95. The number of allylic oxidation sites excluding steroid dienone is 2. The van der Waals surface area contributed by atoms with Crippen LogP contribution in [0.5, 0.6) is 0 Å². The summed E-state index contributed by atoms with van der Waals surface area (Å²) in [6.45, 7) is 0. The first-order chi connectivity index (χ1) is 7.79. The monoisotopic (exact) mass is 219 g/mol. The maximum absolute atomic E-state index is 13.4. The molecule has 3 heteroatoms. The van der Waals surface area contributed by atoms with E-state index in [-0.39, 0.29) is 11.3 Å². The van der Waals surface area contributed by atoms with Crippen LogP contribution in [-0.2, 0) is 0 Å². The van der Waals surface area contributed by atoms with E-state index in [4.69, 9.17) is 0 Å².